The summed E-state index contributed by atoms with van der Waals surface area (Å²) in [5.41, 5.74) is -1.24. The van der Waals surface area contributed by atoms with E-state index in [0.29, 0.717) is 5.56 Å². The van der Waals surface area contributed by atoms with Crippen molar-refractivity contribution in [3.63, 3.8) is 0 Å². The number of rotatable bonds is 3. The van der Waals surface area contributed by atoms with Gasteiger partial charge in [-0.15, -0.1) is 0 Å². The van der Waals surface area contributed by atoms with Gasteiger partial charge >= 0.3 is 0 Å². The quantitative estimate of drug-likeness (QED) is 0.782. The molecule has 2 heteroatoms. The van der Waals surface area contributed by atoms with Crippen LogP contribution >= 0.6 is 0 Å². The fourth-order valence-electron chi connectivity index (χ4n) is 1.35. The van der Waals surface area contributed by atoms with Gasteiger partial charge in [0.2, 0.25) is 0 Å². The van der Waals surface area contributed by atoms with Crippen molar-refractivity contribution in [1.82, 2.24) is 5.32 Å². The molecule has 0 radical (unpaired) electrons. The Balaban J connectivity index is 3.08. The molecule has 0 heterocycles. The van der Waals surface area contributed by atoms with Crippen molar-refractivity contribution in [2.24, 2.45) is 0 Å². The molecule has 0 saturated carbocycles. The Hall–Kier alpha value is -0.890. The summed E-state index contributed by atoms with van der Waals surface area (Å²) < 4.78 is 14.5. The highest BCUT2D eigenvalue weighted by molar-refractivity contribution is 5.25. The van der Waals surface area contributed by atoms with Gasteiger partial charge in [0.05, 0.1) is 5.54 Å². The lowest BCUT2D eigenvalue weighted by Gasteiger charge is -2.38. The number of likely N-dealkylation sites (N-methyl/N-ethyl adjacent to an activating group) is 1. The Labute approximate surface area is 85.3 Å². The molecule has 1 aromatic rings. The van der Waals surface area contributed by atoms with Gasteiger partial charge in [-0.3, -0.25) is 0 Å². The van der Waals surface area contributed by atoms with E-state index in [4.69, 9.17) is 0 Å². The molecule has 1 unspecified atom stereocenters. The van der Waals surface area contributed by atoms with Gasteiger partial charge in [-0.05, 0) is 33.4 Å². The predicted octanol–water partition coefficient (Wildman–Crippen LogP) is 2.87. The zero-order chi connectivity index (χ0) is 10.8. The van der Waals surface area contributed by atoms with E-state index in [1.54, 1.807) is 14.0 Å². The molecule has 0 aliphatic rings. The number of benzene rings is 1. The van der Waals surface area contributed by atoms with Crippen molar-refractivity contribution >= 4 is 0 Å². The highest BCUT2D eigenvalue weighted by atomic mass is 19.1. The number of nitrogens with one attached hydrogen (secondary N) is 1. The molecular weight excluding hydrogens is 177 g/mol. The van der Waals surface area contributed by atoms with Gasteiger partial charge in [-0.25, -0.2) is 4.39 Å². The van der Waals surface area contributed by atoms with Crippen LogP contribution in [0.25, 0.3) is 0 Å². The van der Waals surface area contributed by atoms with Crippen molar-refractivity contribution < 1.29 is 4.39 Å². The maximum absolute atomic E-state index is 14.5. The summed E-state index contributed by atoms with van der Waals surface area (Å²) in [6.45, 7) is 5.33. The van der Waals surface area contributed by atoms with Crippen LogP contribution in [0.15, 0.2) is 30.3 Å². The van der Waals surface area contributed by atoms with E-state index in [1.165, 1.54) is 0 Å². The van der Waals surface area contributed by atoms with Gasteiger partial charge in [0.1, 0.15) is 0 Å². The van der Waals surface area contributed by atoms with Crippen LogP contribution in [-0.2, 0) is 5.67 Å². The van der Waals surface area contributed by atoms with Crippen LogP contribution < -0.4 is 5.32 Å². The van der Waals surface area contributed by atoms with Gasteiger partial charge in [0.15, 0.2) is 5.67 Å². The Morgan fingerprint density at radius 3 is 2.00 bits per heavy atom. The third-order valence-electron chi connectivity index (χ3n) is 3.11. The summed E-state index contributed by atoms with van der Waals surface area (Å²) in [4.78, 5) is 0. The van der Waals surface area contributed by atoms with Gasteiger partial charge in [-0.2, -0.15) is 0 Å². The van der Waals surface area contributed by atoms with Crippen LogP contribution in [0.2, 0.25) is 0 Å². The molecule has 0 aliphatic heterocycles. The molecule has 0 aromatic heterocycles. The van der Waals surface area contributed by atoms with Crippen LogP contribution in [-0.4, -0.2) is 12.6 Å². The lowest BCUT2D eigenvalue weighted by Crippen LogP contribution is -2.51. The molecule has 0 spiro atoms. The van der Waals surface area contributed by atoms with Crippen molar-refractivity contribution in [3.8, 4) is 0 Å². The minimum atomic E-state index is -1.37. The maximum atomic E-state index is 14.5. The minimum Gasteiger partial charge on any atom is -0.312 e. The summed E-state index contributed by atoms with van der Waals surface area (Å²) in [7, 11) is 1.78. The molecule has 0 fully saturated rings. The van der Waals surface area contributed by atoms with Crippen LogP contribution in [0.3, 0.4) is 0 Å². The molecule has 0 amide bonds. The van der Waals surface area contributed by atoms with E-state index in [-0.39, 0.29) is 0 Å². The van der Waals surface area contributed by atoms with Crippen LogP contribution in [0.1, 0.15) is 26.3 Å². The first-order chi connectivity index (χ1) is 6.42. The van der Waals surface area contributed by atoms with E-state index in [1.807, 2.05) is 44.2 Å². The zero-order valence-electron chi connectivity index (χ0n) is 9.26. The third kappa shape index (κ3) is 1.80. The third-order valence-corrected chi connectivity index (χ3v) is 3.11. The highest BCUT2D eigenvalue weighted by Gasteiger charge is 2.41. The van der Waals surface area contributed by atoms with Crippen LogP contribution in [0.5, 0.6) is 0 Å². The molecule has 1 atom stereocenters. The summed E-state index contributed by atoms with van der Waals surface area (Å²) in [6, 6.07) is 9.25. The minimum absolute atomic E-state index is 0.575. The van der Waals surface area contributed by atoms with Crippen molar-refractivity contribution in [3.05, 3.63) is 35.9 Å². The summed E-state index contributed by atoms with van der Waals surface area (Å²) in [6.07, 6.45) is 0. The first-order valence-corrected chi connectivity index (χ1v) is 4.85. The van der Waals surface area contributed by atoms with Gasteiger partial charge < -0.3 is 5.32 Å². The number of hydrogen-bond donors (Lipinski definition) is 1. The molecule has 0 aliphatic carbocycles. The second-order valence-electron chi connectivity index (χ2n) is 4.24. The number of alkyl halides is 1. The van der Waals surface area contributed by atoms with Gasteiger partial charge in [0.25, 0.3) is 0 Å². The second-order valence-corrected chi connectivity index (χ2v) is 4.24. The largest absolute Gasteiger partial charge is 0.312 e. The summed E-state index contributed by atoms with van der Waals surface area (Å²) in [5, 5.41) is 3.01. The van der Waals surface area contributed by atoms with Gasteiger partial charge in [0, 0.05) is 0 Å². The Bertz CT molecular complexity index is 290. The molecule has 1 nitrogen and oxygen atoms in total. The molecule has 0 bridgehead atoms. The smallest absolute Gasteiger partial charge is 0.150 e. The molecular formula is C12H18FN. The average molecular weight is 195 g/mol. The summed E-state index contributed by atoms with van der Waals surface area (Å²) in [5.74, 6) is 0. The second kappa shape index (κ2) is 3.70. The van der Waals surface area contributed by atoms with E-state index >= 15 is 0 Å². The molecule has 14 heavy (non-hydrogen) atoms. The fraction of sp³-hybridized carbons (Fsp3) is 0.500. The Morgan fingerprint density at radius 2 is 1.57 bits per heavy atom. The lowest BCUT2D eigenvalue weighted by atomic mass is 9.80. The van der Waals surface area contributed by atoms with Crippen LogP contribution in [0.4, 0.5) is 4.39 Å². The normalized spacial score (nSPS) is 16.4. The number of halogens is 1. The average Bonchev–Trinajstić information content (AvgIpc) is 2.19. The summed E-state index contributed by atoms with van der Waals surface area (Å²) >= 11 is 0. The van der Waals surface area contributed by atoms with Crippen LogP contribution in [0, 0.1) is 0 Å². The molecule has 0 saturated heterocycles. The Kier molecular flexibility index (Phi) is 2.95. The molecule has 1 aromatic carbocycles. The molecule has 1 rings (SSSR count). The molecule has 78 valence electrons. The van der Waals surface area contributed by atoms with Crippen molar-refractivity contribution in [2.75, 3.05) is 7.05 Å². The van der Waals surface area contributed by atoms with E-state index < -0.39 is 11.2 Å². The van der Waals surface area contributed by atoms with Gasteiger partial charge in [-0.1, -0.05) is 30.3 Å². The maximum Gasteiger partial charge on any atom is 0.150 e. The van der Waals surface area contributed by atoms with Crippen molar-refractivity contribution in [2.45, 2.75) is 32.0 Å². The fourth-order valence-corrected chi connectivity index (χ4v) is 1.35. The SMILES string of the molecule is CNC(C)(C)C(C)(F)c1ccccc1. The lowest BCUT2D eigenvalue weighted by molar-refractivity contribution is 0.0728. The number of hydrogen-bond acceptors (Lipinski definition) is 1. The highest BCUT2D eigenvalue weighted by Crippen LogP contribution is 2.35. The molecule has 1 N–H and O–H groups in total. The predicted molar refractivity (Wildman–Crippen MR) is 58.0 cm³/mol. The van der Waals surface area contributed by atoms with E-state index in [9.17, 15) is 4.39 Å². The first kappa shape index (κ1) is 11.2. The van der Waals surface area contributed by atoms with E-state index in [0.717, 1.165) is 0 Å². The standard InChI is InChI=1S/C12H18FN/c1-11(2,14-4)12(3,13)10-8-6-5-7-9-10/h5-9,14H,1-4H3. The Morgan fingerprint density at radius 1 is 1.07 bits per heavy atom. The zero-order valence-corrected chi connectivity index (χ0v) is 9.26. The van der Waals surface area contributed by atoms with E-state index in [2.05, 4.69) is 5.32 Å². The first-order valence-electron chi connectivity index (χ1n) is 4.85. The topological polar surface area (TPSA) is 12.0 Å². The monoisotopic (exact) mass is 195 g/mol. The van der Waals surface area contributed by atoms with Crippen molar-refractivity contribution in [1.29, 1.82) is 0 Å².